The van der Waals surface area contributed by atoms with E-state index in [0.717, 1.165) is 18.5 Å². The molecular formula is C16H18N6O2. The maximum Gasteiger partial charge on any atom is 0.257 e. The zero-order chi connectivity index (χ0) is 16.5. The van der Waals surface area contributed by atoms with Crippen LogP contribution >= 0.6 is 0 Å². The number of fused-ring (bicyclic) bond motifs is 1. The molecule has 0 radical (unpaired) electrons. The third kappa shape index (κ3) is 2.54. The second-order valence-corrected chi connectivity index (χ2v) is 5.74. The van der Waals surface area contributed by atoms with Gasteiger partial charge in [0, 0.05) is 37.3 Å². The molecule has 1 aliphatic rings. The fourth-order valence-electron chi connectivity index (χ4n) is 3.00. The smallest absolute Gasteiger partial charge is 0.257 e. The molecule has 1 saturated heterocycles. The predicted molar refractivity (Wildman–Crippen MR) is 85.5 cm³/mol. The van der Waals surface area contributed by atoms with Gasteiger partial charge in [-0.25, -0.2) is 9.50 Å². The first-order valence-corrected chi connectivity index (χ1v) is 7.99. The van der Waals surface area contributed by atoms with Gasteiger partial charge in [0.1, 0.15) is 11.7 Å². The maximum atomic E-state index is 12.6. The van der Waals surface area contributed by atoms with E-state index in [2.05, 4.69) is 20.5 Å². The lowest BCUT2D eigenvalue weighted by Gasteiger charge is -2.18. The van der Waals surface area contributed by atoms with E-state index in [0.29, 0.717) is 17.8 Å². The third-order valence-corrected chi connectivity index (χ3v) is 4.24. The van der Waals surface area contributed by atoms with Gasteiger partial charge in [0.2, 0.25) is 0 Å². The molecule has 1 aliphatic heterocycles. The van der Waals surface area contributed by atoms with Crippen LogP contribution in [0.2, 0.25) is 0 Å². The number of carbonyl (C=O) groups is 1. The van der Waals surface area contributed by atoms with E-state index in [4.69, 9.17) is 4.74 Å². The Balaban J connectivity index is 1.54. The number of carbonyl (C=O) groups excluding carboxylic acids is 1. The molecule has 2 atom stereocenters. The van der Waals surface area contributed by atoms with Gasteiger partial charge < -0.3 is 10.1 Å². The number of hydrogen-bond acceptors (Lipinski definition) is 5. The van der Waals surface area contributed by atoms with Crippen LogP contribution in [-0.2, 0) is 11.3 Å². The van der Waals surface area contributed by atoms with Gasteiger partial charge in [-0.1, -0.05) is 0 Å². The Morgan fingerprint density at radius 3 is 3.17 bits per heavy atom. The molecule has 8 nitrogen and oxygen atoms in total. The van der Waals surface area contributed by atoms with Crippen molar-refractivity contribution in [3.63, 3.8) is 0 Å². The van der Waals surface area contributed by atoms with Crippen LogP contribution in [0.3, 0.4) is 0 Å². The molecule has 0 saturated carbocycles. The van der Waals surface area contributed by atoms with E-state index < -0.39 is 0 Å². The molecule has 4 heterocycles. The summed E-state index contributed by atoms with van der Waals surface area (Å²) >= 11 is 0. The van der Waals surface area contributed by atoms with Crippen LogP contribution in [0, 0.1) is 0 Å². The Morgan fingerprint density at radius 2 is 2.33 bits per heavy atom. The summed E-state index contributed by atoms with van der Waals surface area (Å²) in [4.78, 5) is 16.9. The summed E-state index contributed by atoms with van der Waals surface area (Å²) in [7, 11) is 0. The summed E-state index contributed by atoms with van der Waals surface area (Å²) in [6, 6.07) is 1.68. The monoisotopic (exact) mass is 326 g/mol. The SMILES string of the molecule is CCn1cc([C@H]2OCC[C@@H]2NC(=O)c2cnn3cccnc23)cn1. The molecule has 4 rings (SSSR count). The normalized spacial score (nSPS) is 20.5. The Bertz CT molecular complexity index is 870. The van der Waals surface area contributed by atoms with Crippen molar-refractivity contribution in [3.05, 3.63) is 48.2 Å². The molecule has 1 amide bonds. The van der Waals surface area contributed by atoms with Crippen molar-refractivity contribution in [2.24, 2.45) is 0 Å². The van der Waals surface area contributed by atoms with Crippen molar-refractivity contribution in [1.82, 2.24) is 29.7 Å². The molecule has 0 unspecified atom stereocenters. The van der Waals surface area contributed by atoms with Gasteiger partial charge in [0.15, 0.2) is 5.65 Å². The van der Waals surface area contributed by atoms with Crippen molar-refractivity contribution >= 4 is 11.6 Å². The predicted octanol–water partition coefficient (Wildman–Crippen LogP) is 1.21. The van der Waals surface area contributed by atoms with Crippen LogP contribution < -0.4 is 5.32 Å². The highest BCUT2D eigenvalue weighted by Gasteiger charge is 2.32. The Labute approximate surface area is 138 Å². The van der Waals surface area contributed by atoms with Crippen LogP contribution in [-0.4, -0.2) is 42.9 Å². The molecule has 3 aromatic rings. The van der Waals surface area contributed by atoms with Gasteiger partial charge in [-0.2, -0.15) is 10.2 Å². The number of hydrogen-bond donors (Lipinski definition) is 1. The van der Waals surface area contributed by atoms with Crippen LogP contribution in [0.15, 0.2) is 37.1 Å². The molecule has 0 spiro atoms. The minimum absolute atomic E-state index is 0.0920. The second-order valence-electron chi connectivity index (χ2n) is 5.74. The summed E-state index contributed by atoms with van der Waals surface area (Å²) < 4.78 is 9.25. The summed E-state index contributed by atoms with van der Waals surface area (Å²) in [6.45, 7) is 3.45. The zero-order valence-electron chi connectivity index (χ0n) is 13.3. The van der Waals surface area contributed by atoms with E-state index in [1.807, 2.05) is 17.8 Å². The molecule has 0 bridgehead atoms. The van der Waals surface area contributed by atoms with Crippen LogP contribution in [0.25, 0.3) is 5.65 Å². The van der Waals surface area contributed by atoms with Gasteiger partial charge in [-0.3, -0.25) is 9.48 Å². The molecule has 124 valence electrons. The van der Waals surface area contributed by atoms with E-state index in [-0.39, 0.29) is 18.1 Å². The third-order valence-electron chi connectivity index (χ3n) is 4.24. The Morgan fingerprint density at radius 1 is 1.42 bits per heavy atom. The first kappa shape index (κ1) is 14.8. The van der Waals surface area contributed by atoms with E-state index in [1.165, 1.54) is 6.20 Å². The summed E-state index contributed by atoms with van der Waals surface area (Å²) in [5, 5.41) is 11.5. The van der Waals surface area contributed by atoms with Crippen molar-refractivity contribution in [2.75, 3.05) is 6.61 Å². The van der Waals surface area contributed by atoms with Crippen molar-refractivity contribution in [2.45, 2.75) is 32.0 Å². The topological polar surface area (TPSA) is 86.3 Å². The minimum atomic E-state index is -0.188. The van der Waals surface area contributed by atoms with Gasteiger partial charge >= 0.3 is 0 Å². The fraction of sp³-hybridized carbons (Fsp3) is 0.375. The quantitative estimate of drug-likeness (QED) is 0.779. The van der Waals surface area contributed by atoms with Crippen LogP contribution in [0.4, 0.5) is 0 Å². The van der Waals surface area contributed by atoms with Crippen LogP contribution in [0.1, 0.15) is 35.4 Å². The molecule has 3 aromatic heterocycles. The second kappa shape index (κ2) is 6.04. The van der Waals surface area contributed by atoms with E-state index >= 15 is 0 Å². The lowest BCUT2D eigenvalue weighted by atomic mass is 10.1. The average molecular weight is 326 g/mol. The highest BCUT2D eigenvalue weighted by Crippen LogP contribution is 2.29. The van der Waals surface area contributed by atoms with E-state index in [1.54, 1.807) is 29.2 Å². The number of aromatic nitrogens is 5. The van der Waals surface area contributed by atoms with Gasteiger partial charge in [-0.15, -0.1) is 0 Å². The summed E-state index contributed by atoms with van der Waals surface area (Å²) in [5.74, 6) is -0.188. The number of amides is 1. The minimum Gasteiger partial charge on any atom is -0.371 e. The highest BCUT2D eigenvalue weighted by molar-refractivity contribution is 5.99. The van der Waals surface area contributed by atoms with E-state index in [9.17, 15) is 4.79 Å². The number of rotatable bonds is 4. The molecule has 24 heavy (non-hydrogen) atoms. The van der Waals surface area contributed by atoms with Crippen molar-refractivity contribution in [1.29, 1.82) is 0 Å². The summed E-state index contributed by atoms with van der Waals surface area (Å²) in [6.07, 6.45) is 9.30. The Kier molecular flexibility index (Phi) is 3.73. The molecule has 0 aromatic carbocycles. The van der Waals surface area contributed by atoms with Crippen molar-refractivity contribution < 1.29 is 9.53 Å². The number of nitrogens with one attached hydrogen (secondary N) is 1. The lowest BCUT2D eigenvalue weighted by molar-refractivity contribution is 0.0822. The largest absolute Gasteiger partial charge is 0.371 e. The van der Waals surface area contributed by atoms with Crippen molar-refractivity contribution in [3.8, 4) is 0 Å². The highest BCUT2D eigenvalue weighted by atomic mass is 16.5. The molecule has 8 heteroatoms. The molecular weight excluding hydrogens is 308 g/mol. The average Bonchev–Trinajstić information content (AvgIpc) is 3.33. The van der Waals surface area contributed by atoms with Gasteiger partial charge in [0.05, 0.1) is 18.4 Å². The Hall–Kier alpha value is -2.74. The number of aryl methyl sites for hydroxylation is 1. The van der Waals surface area contributed by atoms with Crippen LogP contribution in [0.5, 0.6) is 0 Å². The number of ether oxygens (including phenoxy) is 1. The molecule has 1 N–H and O–H groups in total. The summed E-state index contributed by atoms with van der Waals surface area (Å²) in [5.41, 5.74) is 1.99. The molecule has 0 aliphatic carbocycles. The maximum absolute atomic E-state index is 12.6. The number of nitrogens with zero attached hydrogens (tertiary/aromatic N) is 5. The zero-order valence-corrected chi connectivity index (χ0v) is 13.3. The first-order chi connectivity index (χ1) is 11.8. The van der Waals surface area contributed by atoms with Gasteiger partial charge in [-0.05, 0) is 19.4 Å². The lowest BCUT2D eigenvalue weighted by Crippen LogP contribution is -2.36. The standard InChI is InChI=1S/C16H18N6O2/c1-2-21-10-11(8-18-21)14-13(4-7-24-14)20-16(23)12-9-19-22-6-3-5-17-15(12)22/h3,5-6,8-10,13-14H,2,4,7H2,1H3,(H,20,23)/t13-,14+/m0/s1. The first-order valence-electron chi connectivity index (χ1n) is 7.99. The van der Waals surface area contributed by atoms with Gasteiger partial charge in [0.25, 0.3) is 5.91 Å². The molecule has 1 fully saturated rings. The fourth-order valence-corrected chi connectivity index (χ4v) is 3.00.